The van der Waals surface area contributed by atoms with E-state index in [4.69, 9.17) is 9.47 Å². The van der Waals surface area contributed by atoms with Gasteiger partial charge in [-0.15, -0.1) is 24.0 Å². The number of likely N-dealkylation sites (tertiary alicyclic amines) is 1. The zero-order valence-corrected chi connectivity index (χ0v) is 17.6. The van der Waals surface area contributed by atoms with E-state index in [0.717, 1.165) is 70.8 Å². The van der Waals surface area contributed by atoms with E-state index >= 15 is 0 Å². The Bertz CT molecular complexity index is 351. The third-order valence-electron chi connectivity index (χ3n) is 4.73. The first-order valence-electron chi connectivity index (χ1n) is 9.14. The quantitative estimate of drug-likeness (QED) is 0.240. The zero-order chi connectivity index (χ0) is 16.3. The fraction of sp³-hybridized carbons (Fsp3) is 0.941. The van der Waals surface area contributed by atoms with Crippen LogP contribution in [0.15, 0.2) is 4.99 Å². The summed E-state index contributed by atoms with van der Waals surface area (Å²) >= 11 is 0. The molecule has 2 rings (SSSR count). The lowest BCUT2D eigenvalue weighted by atomic mass is 10.1. The highest BCUT2D eigenvalue weighted by Crippen LogP contribution is 2.14. The average Bonchev–Trinajstić information content (AvgIpc) is 3.25. The first-order valence-corrected chi connectivity index (χ1v) is 9.14. The summed E-state index contributed by atoms with van der Waals surface area (Å²) in [5, 5.41) is 6.81. The molecule has 0 aromatic heterocycles. The van der Waals surface area contributed by atoms with Crippen molar-refractivity contribution in [1.82, 2.24) is 15.5 Å². The third kappa shape index (κ3) is 8.31. The van der Waals surface area contributed by atoms with Crippen LogP contribution >= 0.6 is 24.0 Å². The summed E-state index contributed by atoms with van der Waals surface area (Å²) in [5.74, 6) is 2.25. The molecular weight excluding hydrogens is 419 g/mol. The van der Waals surface area contributed by atoms with Crippen molar-refractivity contribution >= 4 is 29.9 Å². The van der Waals surface area contributed by atoms with Crippen molar-refractivity contribution in [2.75, 3.05) is 66.2 Å². The monoisotopic (exact) mass is 454 g/mol. The number of nitrogens with zero attached hydrogens (tertiary/aromatic N) is 2. The molecule has 2 N–H and O–H groups in total. The second kappa shape index (κ2) is 13.1. The summed E-state index contributed by atoms with van der Waals surface area (Å²) < 4.78 is 11.1. The first kappa shape index (κ1) is 21.9. The van der Waals surface area contributed by atoms with E-state index in [1.54, 1.807) is 0 Å². The van der Waals surface area contributed by atoms with Gasteiger partial charge < -0.3 is 25.0 Å². The van der Waals surface area contributed by atoms with Crippen molar-refractivity contribution in [3.63, 3.8) is 0 Å². The minimum Gasteiger partial charge on any atom is -0.381 e. The van der Waals surface area contributed by atoms with Crippen LogP contribution in [0.5, 0.6) is 0 Å². The summed E-state index contributed by atoms with van der Waals surface area (Å²) in [5.41, 5.74) is 0. The molecule has 2 atom stereocenters. The Morgan fingerprint density at radius 2 is 2.17 bits per heavy atom. The third-order valence-corrected chi connectivity index (χ3v) is 4.73. The highest BCUT2D eigenvalue weighted by atomic mass is 127. The summed E-state index contributed by atoms with van der Waals surface area (Å²) in [6.45, 7) is 11.1. The SMILES string of the molecule is CCN1CCC(CNC(=NC)NCCCOCC2CCOC2)C1.I. The maximum atomic E-state index is 5.71. The molecule has 2 saturated heterocycles. The predicted molar refractivity (Wildman–Crippen MR) is 109 cm³/mol. The molecule has 0 saturated carbocycles. The molecule has 0 bridgehead atoms. The lowest BCUT2D eigenvalue weighted by Crippen LogP contribution is -2.40. The Labute approximate surface area is 164 Å². The minimum absolute atomic E-state index is 0. The highest BCUT2D eigenvalue weighted by Gasteiger charge is 2.20. The van der Waals surface area contributed by atoms with Crippen LogP contribution in [-0.4, -0.2) is 77.1 Å². The Morgan fingerprint density at radius 1 is 1.29 bits per heavy atom. The standard InChI is InChI=1S/C17H34N4O2.HI/c1-3-21-8-5-15(12-21)11-20-17(18-2)19-7-4-9-22-13-16-6-10-23-14-16;/h15-16H,3-14H2,1-2H3,(H2,18,19,20);1H. The summed E-state index contributed by atoms with van der Waals surface area (Å²) in [6, 6.07) is 0. The number of rotatable bonds is 9. The molecule has 6 nitrogen and oxygen atoms in total. The molecule has 0 radical (unpaired) electrons. The second-order valence-corrected chi connectivity index (χ2v) is 6.59. The van der Waals surface area contributed by atoms with E-state index in [0.29, 0.717) is 5.92 Å². The number of ether oxygens (including phenoxy) is 2. The van der Waals surface area contributed by atoms with E-state index in [1.807, 2.05) is 7.05 Å². The van der Waals surface area contributed by atoms with Gasteiger partial charge >= 0.3 is 0 Å². The van der Waals surface area contributed by atoms with Gasteiger partial charge in [-0.2, -0.15) is 0 Å². The van der Waals surface area contributed by atoms with Gasteiger partial charge in [-0.3, -0.25) is 4.99 Å². The molecule has 24 heavy (non-hydrogen) atoms. The van der Waals surface area contributed by atoms with Crippen LogP contribution < -0.4 is 10.6 Å². The number of aliphatic imine (C=N–C) groups is 1. The first-order chi connectivity index (χ1) is 11.3. The molecule has 2 aliphatic heterocycles. The van der Waals surface area contributed by atoms with Gasteiger partial charge in [0.2, 0.25) is 0 Å². The summed E-state index contributed by atoms with van der Waals surface area (Å²) in [4.78, 5) is 6.80. The molecule has 0 aliphatic carbocycles. The highest BCUT2D eigenvalue weighted by molar-refractivity contribution is 14.0. The fourth-order valence-corrected chi connectivity index (χ4v) is 3.17. The topological polar surface area (TPSA) is 58.1 Å². The minimum atomic E-state index is 0. The number of hydrogen-bond donors (Lipinski definition) is 2. The number of halogens is 1. The van der Waals surface area contributed by atoms with E-state index in [2.05, 4.69) is 27.4 Å². The lowest BCUT2D eigenvalue weighted by molar-refractivity contribution is 0.0888. The van der Waals surface area contributed by atoms with Gasteiger partial charge in [0.15, 0.2) is 5.96 Å². The van der Waals surface area contributed by atoms with Gasteiger partial charge in [0.25, 0.3) is 0 Å². The van der Waals surface area contributed by atoms with Crippen molar-refractivity contribution in [3.8, 4) is 0 Å². The molecular formula is C17H35IN4O2. The molecule has 0 amide bonds. The average molecular weight is 454 g/mol. The van der Waals surface area contributed by atoms with E-state index in [9.17, 15) is 0 Å². The van der Waals surface area contributed by atoms with Crippen LogP contribution in [0.4, 0.5) is 0 Å². The van der Waals surface area contributed by atoms with Crippen LogP contribution in [0.3, 0.4) is 0 Å². The van der Waals surface area contributed by atoms with E-state index in [1.165, 1.54) is 19.5 Å². The molecule has 2 heterocycles. The van der Waals surface area contributed by atoms with E-state index in [-0.39, 0.29) is 24.0 Å². The Kier molecular flexibility index (Phi) is 12.0. The van der Waals surface area contributed by atoms with Crippen LogP contribution in [0, 0.1) is 11.8 Å². The smallest absolute Gasteiger partial charge is 0.190 e. The lowest BCUT2D eigenvalue weighted by Gasteiger charge is -2.16. The zero-order valence-electron chi connectivity index (χ0n) is 15.3. The van der Waals surface area contributed by atoms with Gasteiger partial charge in [-0.05, 0) is 38.3 Å². The maximum Gasteiger partial charge on any atom is 0.190 e. The molecule has 2 aliphatic rings. The predicted octanol–water partition coefficient (Wildman–Crippen LogP) is 1.55. The van der Waals surface area contributed by atoms with Crippen LogP contribution in [0.25, 0.3) is 0 Å². The van der Waals surface area contributed by atoms with Crippen molar-refractivity contribution < 1.29 is 9.47 Å². The molecule has 0 spiro atoms. The van der Waals surface area contributed by atoms with Crippen molar-refractivity contribution in [1.29, 1.82) is 0 Å². The van der Waals surface area contributed by atoms with Crippen LogP contribution in [0.1, 0.15) is 26.2 Å². The van der Waals surface area contributed by atoms with Gasteiger partial charge in [0.1, 0.15) is 0 Å². The van der Waals surface area contributed by atoms with Gasteiger partial charge in [0.05, 0.1) is 13.2 Å². The second-order valence-electron chi connectivity index (χ2n) is 6.59. The van der Waals surface area contributed by atoms with Crippen molar-refractivity contribution in [2.24, 2.45) is 16.8 Å². The number of nitrogens with one attached hydrogen (secondary N) is 2. The number of hydrogen-bond acceptors (Lipinski definition) is 4. The fourth-order valence-electron chi connectivity index (χ4n) is 3.17. The molecule has 2 unspecified atom stereocenters. The Balaban J connectivity index is 0.00000288. The van der Waals surface area contributed by atoms with Gasteiger partial charge in [-0.25, -0.2) is 0 Å². The van der Waals surface area contributed by atoms with Crippen molar-refractivity contribution in [3.05, 3.63) is 0 Å². The van der Waals surface area contributed by atoms with E-state index < -0.39 is 0 Å². The molecule has 2 fully saturated rings. The van der Waals surface area contributed by atoms with Gasteiger partial charge in [-0.1, -0.05) is 6.92 Å². The molecule has 0 aromatic carbocycles. The maximum absolute atomic E-state index is 5.71. The van der Waals surface area contributed by atoms with Crippen LogP contribution in [-0.2, 0) is 9.47 Å². The largest absolute Gasteiger partial charge is 0.381 e. The summed E-state index contributed by atoms with van der Waals surface area (Å²) in [6.07, 6.45) is 3.43. The Morgan fingerprint density at radius 3 is 2.83 bits per heavy atom. The molecule has 0 aromatic rings. The Hall–Kier alpha value is -0.120. The summed E-state index contributed by atoms with van der Waals surface area (Å²) in [7, 11) is 1.83. The molecule has 7 heteroatoms. The molecule has 142 valence electrons. The van der Waals surface area contributed by atoms with Crippen LogP contribution in [0.2, 0.25) is 0 Å². The van der Waals surface area contributed by atoms with Gasteiger partial charge in [0, 0.05) is 45.8 Å². The van der Waals surface area contributed by atoms with Crippen molar-refractivity contribution in [2.45, 2.75) is 26.2 Å². The number of guanidine groups is 1. The normalized spacial score (nSPS) is 24.8.